The van der Waals surface area contributed by atoms with Gasteiger partial charge in [0.15, 0.2) is 0 Å². The van der Waals surface area contributed by atoms with Gasteiger partial charge in [0.05, 0.1) is 7.11 Å². The third-order valence-corrected chi connectivity index (χ3v) is 3.42. The molecular weight excluding hydrogens is 309 g/mol. The Morgan fingerprint density at radius 2 is 1.71 bits per heavy atom. The standard InChI is InChI=1S/C16H13Cl2NO2/c1-21-12-7-5-11(6-8-12)19-16(20)10-9-13-14(17)3-2-4-15(13)18/h2-10H,1H3,(H,19,20). The molecule has 1 amide bonds. The molecule has 21 heavy (non-hydrogen) atoms. The number of amides is 1. The fraction of sp³-hybridized carbons (Fsp3) is 0.0625. The first-order valence-corrected chi connectivity index (χ1v) is 6.93. The van der Waals surface area contributed by atoms with E-state index in [4.69, 9.17) is 27.9 Å². The predicted molar refractivity (Wildman–Crippen MR) is 87.1 cm³/mol. The van der Waals surface area contributed by atoms with Crippen molar-refractivity contribution in [1.29, 1.82) is 0 Å². The molecule has 108 valence electrons. The molecule has 0 radical (unpaired) electrons. The maximum atomic E-state index is 11.8. The van der Waals surface area contributed by atoms with Gasteiger partial charge in [-0.1, -0.05) is 29.3 Å². The number of rotatable bonds is 4. The zero-order valence-electron chi connectivity index (χ0n) is 11.3. The Hall–Kier alpha value is -1.97. The third-order valence-electron chi connectivity index (χ3n) is 2.76. The minimum absolute atomic E-state index is 0.267. The molecular formula is C16H13Cl2NO2. The van der Waals surface area contributed by atoms with Gasteiger partial charge in [0.1, 0.15) is 5.75 Å². The lowest BCUT2D eigenvalue weighted by molar-refractivity contribution is -0.111. The van der Waals surface area contributed by atoms with E-state index >= 15 is 0 Å². The van der Waals surface area contributed by atoms with Crippen LogP contribution in [0, 0.1) is 0 Å². The third kappa shape index (κ3) is 4.25. The molecule has 0 atom stereocenters. The Morgan fingerprint density at radius 3 is 2.29 bits per heavy atom. The highest BCUT2D eigenvalue weighted by Crippen LogP contribution is 2.25. The van der Waals surface area contributed by atoms with Crippen molar-refractivity contribution in [3.8, 4) is 5.75 Å². The molecule has 0 aliphatic rings. The topological polar surface area (TPSA) is 38.3 Å². The summed E-state index contributed by atoms with van der Waals surface area (Å²) in [6, 6.07) is 12.2. The van der Waals surface area contributed by atoms with Gasteiger partial charge in [-0.2, -0.15) is 0 Å². The lowest BCUT2D eigenvalue weighted by atomic mass is 10.2. The molecule has 3 nitrogen and oxygen atoms in total. The van der Waals surface area contributed by atoms with E-state index < -0.39 is 0 Å². The van der Waals surface area contributed by atoms with E-state index in [1.807, 2.05) is 0 Å². The van der Waals surface area contributed by atoms with Gasteiger partial charge < -0.3 is 10.1 Å². The van der Waals surface area contributed by atoms with E-state index in [2.05, 4.69) is 5.32 Å². The average molecular weight is 322 g/mol. The Morgan fingerprint density at radius 1 is 1.10 bits per heavy atom. The minimum Gasteiger partial charge on any atom is -0.497 e. The maximum absolute atomic E-state index is 11.8. The second kappa shape index (κ2) is 7.16. The second-order valence-corrected chi connectivity index (χ2v) is 5.00. The molecule has 1 N–H and O–H groups in total. The highest BCUT2D eigenvalue weighted by molar-refractivity contribution is 6.37. The number of methoxy groups -OCH3 is 1. The summed E-state index contributed by atoms with van der Waals surface area (Å²) in [5.74, 6) is 0.461. The van der Waals surface area contributed by atoms with Crippen LogP contribution in [0.5, 0.6) is 5.75 Å². The van der Waals surface area contributed by atoms with Gasteiger partial charge in [-0.3, -0.25) is 4.79 Å². The number of hydrogen-bond acceptors (Lipinski definition) is 2. The largest absolute Gasteiger partial charge is 0.497 e. The lowest BCUT2D eigenvalue weighted by Gasteiger charge is -2.04. The fourth-order valence-corrected chi connectivity index (χ4v) is 2.21. The van der Waals surface area contributed by atoms with Crippen LogP contribution in [0.4, 0.5) is 5.69 Å². The number of carbonyl (C=O) groups is 1. The van der Waals surface area contributed by atoms with Gasteiger partial charge in [0.2, 0.25) is 5.91 Å². The molecule has 2 aromatic carbocycles. The van der Waals surface area contributed by atoms with E-state index in [1.165, 1.54) is 6.08 Å². The molecule has 0 unspecified atom stereocenters. The van der Waals surface area contributed by atoms with Gasteiger partial charge in [-0.15, -0.1) is 0 Å². The van der Waals surface area contributed by atoms with Crippen molar-refractivity contribution in [2.45, 2.75) is 0 Å². The minimum atomic E-state index is -0.267. The van der Waals surface area contributed by atoms with E-state index in [9.17, 15) is 4.79 Å². The first-order valence-electron chi connectivity index (χ1n) is 6.17. The van der Waals surface area contributed by atoms with Crippen molar-refractivity contribution in [3.63, 3.8) is 0 Å². The Labute approximate surface area is 133 Å². The van der Waals surface area contributed by atoms with E-state index in [1.54, 1.807) is 55.7 Å². The van der Waals surface area contributed by atoms with Gasteiger partial charge in [0, 0.05) is 27.4 Å². The summed E-state index contributed by atoms with van der Waals surface area (Å²) in [6.07, 6.45) is 2.97. The summed E-state index contributed by atoms with van der Waals surface area (Å²) in [5, 5.41) is 3.73. The summed E-state index contributed by atoms with van der Waals surface area (Å²) in [4.78, 5) is 11.8. The highest BCUT2D eigenvalue weighted by Gasteiger charge is 2.03. The number of anilines is 1. The van der Waals surface area contributed by atoms with Crippen LogP contribution in [0.1, 0.15) is 5.56 Å². The van der Waals surface area contributed by atoms with Crippen molar-refractivity contribution < 1.29 is 9.53 Å². The van der Waals surface area contributed by atoms with Crippen LogP contribution in [-0.4, -0.2) is 13.0 Å². The maximum Gasteiger partial charge on any atom is 0.248 e. The summed E-state index contributed by atoms with van der Waals surface area (Å²) in [6.45, 7) is 0. The molecule has 0 spiro atoms. The normalized spacial score (nSPS) is 10.6. The first-order chi connectivity index (χ1) is 10.1. The summed E-state index contributed by atoms with van der Waals surface area (Å²) in [5.41, 5.74) is 1.29. The first kappa shape index (κ1) is 15.4. The van der Waals surface area contributed by atoms with Crippen LogP contribution in [0.15, 0.2) is 48.5 Å². The van der Waals surface area contributed by atoms with Gasteiger partial charge in [0.25, 0.3) is 0 Å². The molecule has 0 aromatic heterocycles. The van der Waals surface area contributed by atoms with Gasteiger partial charge in [-0.05, 0) is 42.5 Å². The van der Waals surface area contributed by atoms with Crippen LogP contribution < -0.4 is 10.1 Å². The number of benzene rings is 2. The Kier molecular flexibility index (Phi) is 5.26. The SMILES string of the molecule is COc1ccc(NC(=O)C=Cc2c(Cl)cccc2Cl)cc1. The van der Waals surface area contributed by atoms with Crippen molar-refractivity contribution >= 4 is 40.9 Å². The molecule has 2 rings (SSSR count). The van der Waals surface area contributed by atoms with Gasteiger partial charge in [-0.25, -0.2) is 0 Å². The zero-order chi connectivity index (χ0) is 15.2. The molecule has 0 heterocycles. The van der Waals surface area contributed by atoms with Crippen LogP contribution in [0.2, 0.25) is 10.0 Å². The summed E-state index contributed by atoms with van der Waals surface area (Å²) >= 11 is 12.1. The summed E-state index contributed by atoms with van der Waals surface area (Å²) < 4.78 is 5.05. The van der Waals surface area contributed by atoms with Crippen molar-refractivity contribution in [1.82, 2.24) is 0 Å². The zero-order valence-corrected chi connectivity index (χ0v) is 12.8. The summed E-state index contributed by atoms with van der Waals surface area (Å²) in [7, 11) is 1.59. The molecule has 2 aromatic rings. The predicted octanol–water partition coefficient (Wildman–Crippen LogP) is 4.65. The van der Waals surface area contributed by atoms with Crippen LogP contribution >= 0.6 is 23.2 Å². The van der Waals surface area contributed by atoms with E-state index in [-0.39, 0.29) is 5.91 Å². The van der Waals surface area contributed by atoms with Crippen LogP contribution in [0.3, 0.4) is 0 Å². The number of halogens is 2. The molecule has 5 heteroatoms. The van der Waals surface area contributed by atoms with E-state index in [0.29, 0.717) is 21.3 Å². The smallest absolute Gasteiger partial charge is 0.248 e. The second-order valence-electron chi connectivity index (χ2n) is 4.19. The Balaban J connectivity index is 2.05. The van der Waals surface area contributed by atoms with Gasteiger partial charge >= 0.3 is 0 Å². The molecule has 0 saturated carbocycles. The van der Waals surface area contributed by atoms with Crippen molar-refractivity contribution in [3.05, 3.63) is 64.1 Å². The molecule has 0 bridgehead atoms. The number of nitrogens with one attached hydrogen (secondary N) is 1. The van der Waals surface area contributed by atoms with Crippen LogP contribution in [0.25, 0.3) is 6.08 Å². The molecule has 0 aliphatic carbocycles. The molecule has 0 fully saturated rings. The molecule has 0 aliphatic heterocycles. The van der Waals surface area contributed by atoms with Crippen LogP contribution in [-0.2, 0) is 4.79 Å². The quantitative estimate of drug-likeness (QED) is 0.832. The Bertz CT molecular complexity index is 646. The van der Waals surface area contributed by atoms with Crippen molar-refractivity contribution in [2.24, 2.45) is 0 Å². The number of carbonyl (C=O) groups excluding carboxylic acids is 1. The number of hydrogen-bond donors (Lipinski definition) is 1. The molecule has 0 saturated heterocycles. The number of ether oxygens (including phenoxy) is 1. The monoisotopic (exact) mass is 321 g/mol. The average Bonchev–Trinajstić information content (AvgIpc) is 2.47. The van der Waals surface area contributed by atoms with E-state index in [0.717, 1.165) is 5.75 Å². The lowest BCUT2D eigenvalue weighted by Crippen LogP contribution is -2.07. The van der Waals surface area contributed by atoms with Crippen molar-refractivity contribution in [2.75, 3.05) is 12.4 Å². The fourth-order valence-electron chi connectivity index (χ4n) is 1.69. The highest BCUT2D eigenvalue weighted by atomic mass is 35.5.